The van der Waals surface area contributed by atoms with Gasteiger partial charge in [0.05, 0.1) is 4.90 Å². The summed E-state index contributed by atoms with van der Waals surface area (Å²) in [6, 6.07) is 14.8. The third-order valence-electron chi connectivity index (χ3n) is 3.68. The molecule has 2 rings (SSSR count). The number of rotatable bonds is 12. The van der Waals surface area contributed by atoms with Gasteiger partial charge in [0.15, 0.2) is 0 Å². The Morgan fingerprint density at radius 3 is 2.04 bits per heavy atom. The highest BCUT2D eigenvalue weighted by atomic mass is 32.2. The number of hydrogen-bond acceptors (Lipinski definition) is 6. The van der Waals surface area contributed by atoms with E-state index in [1.165, 1.54) is 17.7 Å². The van der Waals surface area contributed by atoms with Crippen LogP contribution in [0.4, 0.5) is 0 Å². The molecule has 0 saturated heterocycles. The van der Waals surface area contributed by atoms with E-state index in [0.717, 1.165) is 45.6 Å². The fraction of sp³-hybridized carbons (Fsp3) is 0.300. The van der Waals surface area contributed by atoms with Gasteiger partial charge in [-0.2, -0.15) is 35.3 Å². The molecular weight excluding hydrogens is 416 g/mol. The average molecular weight is 440 g/mol. The van der Waals surface area contributed by atoms with Gasteiger partial charge in [-0.25, -0.2) is 8.42 Å². The molecule has 0 aromatic heterocycles. The Labute approximate surface area is 175 Å². The van der Waals surface area contributed by atoms with Crippen LogP contribution in [0.2, 0.25) is 0 Å². The molecule has 0 radical (unpaired) electrons. The van der Waals surface area contributed by atoms with Gasteiger partial charge in [-0.05, 0) is 28.8 Å². The quantitative estimate of drug-likeness (QED) is 0.337. The van der Waals surface area contributed by atoms with Gasteiger partial charge < -0.3 is 4.55 Å². The van der Waals surface area contributed by atoms with Crippen LogP contribution in [0.15, 0.2) is 60.0 Å². The summed E-state index contributed by atoms with van der Waals surface area (Å²) in [6.07, 6.45) is 1.86. The Morgan fingerprint density at radius 2 is 1.44 bits per heavy atom. The molecule has 0 amide bonds. The van der Waals surface area contributed by atoms with E-state index in [2.05, 4.69) is 30.8 Å². The van der Waals surface area contributed by atoms with Crippen LogP contribution >= 0.6 is 35.3 Å². The normalized spacial score (nSPS) is 11.4. The first kappa shape index (κ1) is 22.4. The lowest BCUT2D eigenvalue weighted by Crippen LogP contribution is -1.99. The van der Waals surface area contributed by atoms with Crippen LogP contribution in [0.3, 0.4) is 0 Å². The lowest BCUT2D eigenvalue weighted by atomic mass is 10.1. The molecule has 3 nitrogen and oxygen atoms in total. The Balaban J connectivity index is 1.53. The molecule has 0 aliphatic heterocycles. The summed E-state index contributed by atoms with van der Waals surface area (Å²) in [7, 11) is -4.37. The number of benzene rings is 2. The first-order chi connectivity index (χ1) is 13.0. The van der Waals surface area contributed by atoms with Crippen molar-refractivity contribution in [2.75, 3.05) is 23.0 Å². The molecule has 0 N–H and O–H groups in total. The molecule has 2 aromatic carbocycles. The Kier molecular flexibility index (Phi) is 9.86. The highest BCUT2D eigenvalue weighted by molar-refractivity contribution is 8.04. The summed E-state index contributed by atoms with van der Waals surface area (Å²) >= 11 is 5.64. The van der Waals surface area contributed by atoms with E-state index in [1.54, 1.807) is 17.8 Å². The van der Waals surface area contributed by atoms with Gasteiger partial charge in [0.25, 0.3) is 0 Å². The maximum Gasteiger partial charge on any atom is 0.124 e. The molecular formula is C20H23O3S4-. The average Bonchev–Trinajstić information content (AvgIpc) is 2.67. The minimum Gasteiger partial charge on any atom is -0.744 e. The monoisotopic (exact) mass is 439 g/mol. The van der Waals surface area contributed by atoms with Crippen molar-refractivity contribution in [3.05, 3.63) is 71.8 Å². The van der Waals surface area contributed by atoms with Crippen molar-refractivity contribution < 1.29 is 13.0 Å². The van der Waals surface area contributed by atoms with Gasteiger partial charge in [0.2, 0.25) is 0 Å². The van der Waals surface area contributed by atoms with Crippen LogP contribution in [0.5, 0.6) is 0 Å². The summed E-state index contributed by atoms with van der Waals surface area (Å²) in [5, 5.41) is 0. The molecule has 0 heterocycles. The highest BCUT2D eigenvalue weighted by Gasteiger charge is 2.02. The van der Waals surface area contributed by atoms with Crippen LogP contribution in [-0.2, 0) is 21.6 Å². The predicted octanol–water partition coefficient (Wildman–Crippen LogP) is 5.13. The summed E-state index contributed by atoms with van der Waals surface area (Å²) in [5.74, 6) is 6.08. The van der Waals surface area contributed by atoms with Gasteiger partial charge in [-0.1, -0.05) is 49.1 Å². The van der Waals surface area contributed by atoms with E-state index in [0.29, 0.717) is 0 Å². The molecule has 0 unspecified atom stereocenters. The van der Waals surface area contributed by atoms with Crippen molar-refractivity contribution >= 4 is 51.5 Å². The summed E-state index contributed by atoms with van der Waals surface area (Å²) in [4.78, 5) is -0.147. The highest BCUT2D eigenvalue weighted by Crippen LogP contribution is 2.19. The Bertz CT molecular complexity index is 817. The molecule has 0 saturated carbocycles. The van der Waals surface area contributed by atoms with Crippen molar-refractivity contribution in [2.45, 2.75) is 16.4 Å². The smallest absolute Gasteiger partial charge is 0.124 e. The minimum absolute atomic E-state index is 0.147. The van der Waals surface area contributed by atoms with E-state index in [-0.39, 0.29) is 4.90 Å². The van der Waals surface area contributed by atoms with Crippen molar-refractivity contribution in [1.29, 1.82) is 0 Å². The van der Waals surface area contributed by atoms with Gasteiger partial charge >= 0.3 is 0 Å². The summed E-state index contributed by atoms with van der Waals surface area (Å²) in [6.45, 7) is 3.76. The summed E-state index contributed by atoms with van der Waals surface area (Å²) in [5.41, 5.74) is 3.37. The number of thioether (sulfide) groups is 3. The molecule has 0 bridgehead atoms. The third-order valence-corrected chi connectivity index (χ3v) is 8.08. The van der Waals surface area contributed by atoms with Crippen molar-refractivity contribution in [2.24, 2.45) is 0 Å². The van der Waals surface area contributed by atoms with E-state index in [4.69, 9.17) is 0 Å². The van der Waals surface area contributed by atoms with Gasteiger partial charge in [-0.3, -0.25) is 0 Å². The van der Waals surface area contributed by atoms with Crippen LogP contribution in [0.25, 0.3) is 6.08 Å². The molecule has 27 heavy (non-hydrogen) atoms. The Hall–Kier alpha value is -0.860. The van der Waals surface area contributed by atoms with E-state index < -0.39 is 10.1 Å². The molecule has 0 spiro atoms. The lowest BCUT2D eigenvalue weighted by molar-refractivity contribution is 0.463. The fourth-order valence-electron chi connectivity index (χ4n) is 2.26. The zero-order valence-electron chi connectivity index (χ0n) is 15.0. The van der Waals surface area contributed by atoms with Crippen LogP contribution < -0.4 is 0 Å². The van der Waals surface area contributed by atoms with Gasteiger partial charge in [0.1, 0.15) is 10.1 Å². The van der Waals surface area contributed by atoms with Crippen molar-refractivity contribution in [1.82, 2.24) is 0 Å². The summed E-state index contributed by atoms with van der Waals surface area (Å²) < 4.78 is 33.1. The largest absolute Gasteiger partial charge is 0.744 e. The fourth-order valence-corrected chi connectivity index (χ4v) is 6.02. The third kappa shape index (κ3) is 8.79. The van der Waals surface area contributed by atoms with E-state index >= 15 is 0 Å². The van der Waals surface area contributed by atoms with E-state index in [9.17, 15) is 13.0 Å². The molecule has 146 valence electrons. The second-order valence-corrected chi connectivity index (χ2v) is 10.6. The molecule has 7 heteroatoms. The minimum atomic E-state index is -4.37. The van der Waals surface area contributed by atoms with Crippen molar-refractivity contribution in [3.63, 3.8) is 0 Å². The standard InChI is InChI=1S/C20H24O3S4/c1-2-17-6-8-18(9-7-17)15-25-12-10-24-11-13-26-16-19-4-3-5-20(14-19)27(21,22)23/h2-9,14H,1,10-13,15-16H2,(H,21,22,23)/p-1. The molecule has 0 aliphatic carbocycles. The molecule has 2 aromatic rings. The predicted molar refractivity (Wildman–Crippen MR) is 121 cm³/mol. The van der Waals surface area contributed by atoms with Gasteiger partial charge in [-0.15, -0.1) is 0 Å². The second kappa shape index (κ2) is 11.9. The van der Waals surface area contributed by atoms with E-state index in [1.807, 2.05) is 35.7 Å². The second-order valence-electron chi connectivity index (χ2n) is 5.76. The Morgan fingerprint density at radius 1 is 0.852 bits per heavy atom. The van der Waals surface area contributed by atoms with Crippen LogP contribution in [0, 0.1) is 0 Å². The first-order valence-electron chi connectivity index (χ1n) is 8.48. The number of hydrogen-bond donors (Lipinski definition) is 0. The lowest BCUT2D eigenvalue weighted by Gasteiger charge is -2.08. The zero-order valence-corrected chi connectivity index (χ0v) is 18.3. The van der Waals surface area contributed by atoms with Crippen molar-refractivity contribution in [3.8, 4) is 0 Å². The zero-order chi connectivity index (χ0) is 19.5. The maximum absolute atomic E-state index is 11.0. The molecule has 0 fully saturated rings. The maximum atomic E-state index is 11.0. The topological polar surface area (TPSA) is 57.2 Å². The van der Waals surface area contributed by atoms with Gasteiger partial charge in [0, 0.05) is 34.5 Å². The SMILES string of the molecule is C=Cc1ccc(CSCCSCCSCc2cccc(S(=O)(=O)[O-])c2)cc1. The van der Waals surface area contributed by atoms with Crippen LogP contribution in [-0.4, -0.2) is 36.0 Å². The molecule has 0 aliphatic rings. The van der Waals surface area contributed by atoms with Crippen LogP contribution in [0.1, 0.15) is 16.7 Å². The first-order valence-corrected chi connectivity index (χ1v) is 13.4. The molecule has 0 atom stereocenters.